The Morgan fingerprint density at radius 2 is 1.97 bits per heavy atom. The number of benzene rings is 1. The van der Waals surface area contributed by atoms with Gasteiger partial charge in [-0.05, 0) is 49.9 Å². The summed E-state index contributed by atoms with van der Waals surface area (Å²) in [6.45, 7) is 4.39. The van der Waals surface area contributed by atoms with Gasteiger partial charge in [-0.2, -0.15) is 5.10 Å². The van der Waals surface area contributed by atoms with E-state index in [0.29, 0.717) is 23.7 Å². The largest absolute Gasteiger partial charge is 0.324 e. The average molecular weight is 432 g/mol. The zero-order chi connectivity index (χ0) is 20.8. The Bertz CT molecular complexity index is 1190. The second kappa shape index (κ2) is 7.11. The lowest BCUT2D eigenvalue weighted by atomic mass is 10.1. The molecule has 29 heavy (non-hydrogen) atoms. The number of rotatable bonds is 6. The molecule has 1 aliphatic rings. The Morgan fingerprint density at radius 3 is 2.66 bits per heavy atom. The Kier molecular flexibility index (Phi) is 4.86. The van der Waals surface area contributed by atoms with E-state index in [1.54, 1.807) is 37.5 Å². The van der Waals surface area contributed by atoms with Gasteiger partial charge < -0.3 is 5.32 Å². The first kappa shape index (κ1) is 19.8. The third-order valence-corrected chi connectivity index (χ3v) is 6.70. The Hall–Kier alpha value is -2.45. The third-order valence-electron chi connectivity index (χ3n) is 4.96. The number of sulfone groups is 1. The van der Waals surface area contributed by atoms with E-state index in [4.69, 9.17) is 11.6 Å². The van der Waals surface area contributed by atoms with Crippen molar-refractivity contribution in [1.29, 1.82) is 0 Å². The minimum atomic E-state index is -3.32. The normalized spacial score (nSPS) is 15.3. The van der Waals surface area contributed by atoms with Crippen molar-refractivity contribution in [2.75, 3.05) is 11.6 Å². The van der Waals surface area contributed by atoms with Gasteiger partial charge in [-0.1, -0.05) is 6.07 Å². The van der Waals surface area contributed by atoms with Crippen LogP contribution in [0.15, 0.2) is 41.7 Å². The van der Waals surface area contributed by atoms with Gasteiger partial charge in [-0.3, -0.25) is 4.68 Å². The predicted molar refractivity (Wildman–Crippen MR) is 113 cm³/mol. The van der Waals surface area contributed by atoms with Crippen molar-refractivity contribution < 1.29 is 8.42 Å². The molecule has 1 saturated carbocycles. The first-order valence-corrected chi connectivity index (χ1v) is 11.5. The quantitative estimate of drug-likeness (QED) is 0.596. The highest BCUT2D eigenvalue weighted by Crippen LogP contribution is 2.43. The van der Waals surface area contributed by atoms with Gasteiger partial charge in [0, 0.05) is 29.9 Å². The Morgan fingerprint density at radius 1 is 1.21 bits per heavy atom. The van der Waals surface area contributed by atoms with E-state index in [1.165, 1.54) is 6.26 Å². The predicted octanol–water partition coefficient (Wildman–Crippen LogP) is 3.88. The molecule has 152 valence electrons. The lowest BCUT2D eigenvalue weighted by Crippen LogP contribution is -2.11. The van der Waals surface area contributed by atoms with Crippen LogP contribution >= 0.6 is 11.6 Å². The van der Waals surface area contributed by atoms with Gasteiger partial charge in [0.1, 0.15) is 0 Å². The number of aromatic nitrogens is 4. The highest BCUT2D eigenvalue weighted by Gasteiger charge is 2.41. The zero-order valence-corrected chi connectivity index (χ0v) is 18.0. The van der Waals surface area contributed by atoms with Crippen molar-refractivity contribution >= 4 is 33.1 Å². The maximum atomic E-state index is 12.0. The number of aryl methyl sites for hydroxylation is 2. The highest BCUT2D eigenvalue weighted by molar-refractivity contribution is 7.90. The van der Waals surface area contributed by atoms with Crippen LogP contribution in [0.3, 0.4) is 0 Å². The smallest absolute Gasteiger partial charge is 0.227 e. The highest BCUT2D eigenvalue weighted by atomic mass is 35.5. The molecule has 1 aromatic carbocycles. The topological polar surface area (TPSA) is 89.8 Å². The summed E-state index contributed by atoms with van der Waals surface area (Å²) in [4.78, 5) is 9.08. The molecule has 1 N–H and O–H groups in total. The number of hydrogen-bond donors (Lipinski definition) is 1. The number of hydrogen-bond acceptors (Lipinski definition) is 6. The maximum absolute atomic E-state index is 12.0. The summed E-state index contributed by atoms with van der Waals surface area (Å²) in [5, 5.41) is 7.51. The summed E-state index contributed by atoms with van der Waals surface area (Å²) in [5.41, 5.74) is 3.88. The fourth-order valence-corrected chi connectivity index (χ4v) is 4.37. The van der Waals surface area contributed by atoms with Crippen LogP contribution in [0.2, 0.25) is 0 Å². The molecule has 4 rings (SSSR count). The first-order valence-electron chi connectivity index (χ1n) is 9.26. The summed E-state index contributed by atoms with van der Waals surface area (Å²) in [7, 11) is -3.32. The molecule has 0 bridgehead atoms. The van der Waals surface area contributed by atoms with E-state index in [0.717, 1.165) is 29.7 Å². The van der Waals surface area contributed by atoms with Crippen LogP contribution in [0.1, 0.15) is 24.0 Å². The zero-order valence-electron chi connectivity index (χ0n) is 16.5. The van der Waals surface area contributed by atoms with Crippen LogP contribution in [0.25, 0.3) is 11.3 Å². The number of halogens is 1. The van der Waals surface area contributed by atoms with Crippen molar-refractivity contribution in [2.24, 2.45) is 0 Å². The van der Waals surface area contributed by atoms with E-state index in [1.807, 2.05) is 17.8 Å². The van der Waals surface area contributed by atoms with Crippen LogP contribution in [0, 0.1) is 13.8 Å². The molecule has 0 radical (unpaired) electrons. The van der Waals surface area contributed by atoms with Gasteiger partial charge in [0.15, 0.2) is 9.84 Å². The number of anilines is 2. The van der Waals surface area contributed by atoms with Crippen LogP contribution < -0.4 is 5.32 Å². The number of nitrogens with one attached hydrogen (secondary N) is 1. The molecular weight excluding hydrogens is 410 g/mol. The van der Waals surface area contributed by atoms with Gasteiger partial charge in [0.25, 0.3) is 0 Å². The van der Waals surface area contributed by atoms with Gasteiger partial charge in [-0.25, -0.2) is 18.4 Å². The average Bonchev–Trinajstić information content (AvgIpc) is 3.19. The van der Waals surface area contributed by atoms with Crippen LogP contribution in [-0.2, 0) is 16.4 Å². The third kappa shape index (κ3) is 4.43. The van der Waals surface area contributed by atoms with Gasteiger partial charge >= 0.3 is 0 Å². The molecule has 3 aromatic rings. The number of nitrogens with zero attached hydrogens (tertiary/aromatic N) is 4. The molecule has 9 heteroatoms. The van der Waals surface area contributed by atoms with E-state index in [9.17, 15) is 8.42 Å². The Balaban J connectivity index is 1.61. The monoisotopic (exact) mass is 431 g/mol. The summed E-state index contributed by atoms with van der Waals surface area (Å²) in [5.74, 6) is 0.387. The lowest BCUT2D eigenvalue weighted by molar-refractivity contribution is 0.583. The molecular formula is C20H22ClN5O2S. The van der Waals surface area contributed by atoms with E-state index >= 15 is 0 Å². The Labute approximate surface area is 175 Å². The van der Waals surface area contributed by atoms with E-state index in [-0.39, 0.29) is 9.77 Å². The fraction of sp³-hybridized carbons (Fsp3) is 0.350. The van der Waals surface area contributed by atoms with E-state index in [2.05, 4.69) is 20.4 Å². The molecule has 0 spiro atoms. The molecule has 0 saturated heterocycles. The van der Waals surface area contributed by atoms with Gasteiger partial charge in [0.05, 0.1) is 28.2 Å². The lowest BCUT2D eigenvalue weighted by Gasteiger charge is -2.10. The van der Waals surface area contributed by atoms with E-state index < -0.39 is 9.84 Å². The summed E-state index contributed by atoms with van der Waals surface area (Å²) in [6.07, 6.45) is 8.67. The minimum Gasteiger partial charge on any atom is -0.324 e. The standard InChI is InChI=1S/C20H22ClN5O2S/c1-13-4-5-16(8-17(13)29(3,27)28)24-19-22-9-14(2)18(25-19)15-10-23-26(11-15)12-20(21)6-7-20/h4-5,8-11H,6-7,12H2,1-3H3,(H,22,24,25). The van der Waals surface area contributed by atoms with Crippen molar-refractivity contribution in [3.63, 3.8) is 0 Å². The van der Waals surface area contributed by atoms with Crippen molar-refractivity contribution in [3.8, 4) is 11.3 Å². The van der Waals surface area contributed by atoms with Crippen LogP contribution in [-0.4, -0.2) is 39.3 Å². The molecule has 0 unspecified atom stereocenters. The molecule has 7 nitrogen and oxygen atoms in total. The van der Waals surface area contributed by atoms with Gasteiger partial charge in [-0.15, -0.1) is 11.6 Å². The molecule has 2 aromatic heterocycles. The first-order chi connectivity index (χ1) is 13.6. The molecule has 0 amide bonds. The minimum absolute atomic E-state index is 0.153. The summed E-state index contributed by atoms with van der Waals surface area (Å²) >= 11 is 6.40. The number of alkyl halides is 1. The van der Waals surface area contributed by atoms with Crippen molar-refractivity contribution in [3.05, 3.63) is 47.9 Å². The van der Waals surface area contributed by atoms with Crippen LogP contribution in [0.5, 0.6) is 0 Å². The summed E-state index contributed by atoms with van der Waals surface area (Å²) in [6, 6.07) is 5.17. The second-order valence-corrected chi connectivity index (χ2v) is 10.5. The van der Waals surface area contributed by atoms with Crippen LogP contribution in [0.4, 0.5) is 11.6 Å². The fourth-order valence-electron chi connectivity index (χ4n) is 3.16. The molecule has 1 fully saturated rings. The van der Waals surface area contributed by atoms with Gasteiger partial charge in [0.2, 0.25) is 5.95 Å². The summed E-state index contributed by atoms with van der Waals surface area (Å²) < 4.78 is 25.8. The molecule has 0 atom stereocenters. The second-order valence-electron chi connectivity index (χ2n) is 7.68. The SMILES string of the molecule is Cc1ccc(Nc2ncc(C)c(-c3cnn(CC4(Cl)CC4)c3)n2)cc1S(C)(=O)=O. The van der Waals surface area contributed by atoms with Crippen molar-refractivity contribution in [1.82, 2.24) is 19.7 Å². The maximum Gasteiger partial charge on any atom is 0.227 e. The molecule has 2 heterocycles. The molecule has 0 aliphatic heterocycles. The molecule has 1 aliphatic carbocycles. The van der Waals surface area contributed by atoms with Crippen molar-refractivity contribution in [2.45, 2.75) is 43.0 Å².